The Morgan fingerprint density at radius 3 is 1.52 bits per heavy atom. The van der Waals surface area contributed by atoms with Crippen LogP contribution in [-0.4, -0.2) is 18.1 Å². The molecule has 0 aromatic heterocycles. The number of hydrogen-bond acceptors (Lipinski definition) is 2. The van der Waals surface area contributed by atoms with Crippen LogP contribution in [0.3, 0.4) is 0 Å². The summed E-state index contributed by atoms with van der Waals surface area (Å²) in [6, 6.07) is 5.99. The third-order valence-corrected chi connectivity index (χ3v) is 6.14. The Labute approximate surface area is 158 Å². The molecule has 0 bridgehead atoms. The van der Waals surface area contributed by atoms with Crippen LogP contribution in [0.4, 0.5) is 0 Å². The Balaban J connectivity index is 0.000000472. The molecule has 0 amide bonds. The molecule has 1 N–H and O–H groups in total. The Bertz CT molecular complexity index is 531. The fourth-order valence-electron chi connectivity index (χ4n) is 2.67. The van der Waals surface area contributed by atoms with Crippen molar-refractivity contribution < 1.29 is 13.0 Å². The van der Waals surface area contributed by atoms with Crippen LogP contribution in [0, 0.1) is 6.92 Å². The van der Waals surface area contributed by atoms with Gasteiger partial charge in [-0.3, -0.25) is 4.55 Å². The molecule has 0 saturated heterocycles. The summed E-state index contributed by atoms with van der Waals surface area (Å²) in [6.07, 6.45) is 12.5. The molecule has 0 aliphatic carbocycles. The molecule has 1 atom stereocenters. The molecular weight excluding hydrogens is 351 g/mol. The van der Waals surface area contributed by atoms with E-state index in [4.69, 9.17) is 4.55 Å². The second-order valence-electron chi connectivity index (χ2n) is 6.96. The number of rotatable bonds is 10. The minimum Gasteiger partial charge on any atom is -0.282 e. The highest BCUT2D eigenvalue weighted by Crippen LogP contribution is 2.36. The molecule has 1 aromatic rings. The molecule has 0 radical (unpaired) electrons. The highest BCUT2D eigenvalue weighted by Gasteiger charge is 2.22. The van der Waals surface area contributed by atoms with Gasteiger partial charge in [0, 0.05) is 0 Å². The summed E-state index contributed by atoms with van der Waals surface area (Å²) in [5.74, 6) is 0. The molecular formula is C20H37O3PS. The molecule has 0 aliphatic heterocycles. The first-order valence-corrected chi connectivity index (χ1v) is 11.5. The van der Waals surface area contributed by atoms with Crippen molar-refractivity contribution in [1.82, 2.24) is 0 Å². The summed E-state index contributed by atoms with van der Waals surface area (Å²) in [6.45, 7) is 8.73. The first-order valence-electron chi connectivity index (χ1n) is 9.51. The number of unbranched alkanes of at least 4 members (excludes halogenated alkanes) is 3. The summed E-state index contributed by atoms with van der Waals surface area (Å²) in [5.41, 5.74) is 0.956. The van der Waals surface area contributed by atoms with Gasteiger partial charge in [-0.25, -0.2) is 0 Å². The summed E-state index contributed by atoms with van der Waals surface area (Å²) < 4.78 is 29.6. The molecule has 146 valence electrons. The second-order valence-corrected chi connectivity index (χ2v) is 9.61. The third-order valence-electron chi connectivity index (χ3n) is 4.40. The molecule has 0 saturated carbocycles. The topological polar surface area (TPSA) is 54.4 Å². The number of hydrogen-bond donors (Lipinski definition) is 1. The lowest BCUT2D eigenvalue weighted by Crippen LogP contribution is -2.20. The van der Waals surface area contributed by atoms with Crippen LogP contribution in [0.15, 0.2) is 29.2 Å². The lowest BCUT2D eigenvalue weighted by Gasteiger charge is -2.29. The van der Waals surface area contributed by atoms with Gasteiger partial charge in [0.1, 0.15) is 0 Å². The van der Waals surface area contributed by atoms with Gasteiger partial charge < -0.3 is 0 Å². The van der Waals surface area contributed by atoms with Gasteiger partial charge in [0.05, 0.1) is 4.90 Å². The van der Waals surface area contributed by atoms with Crippen LogP contribution in [0.5, 0.6) is 0 Å². The van der Waals surface area contributed by atoms with Gasteiger partial charge in [-0.1, -0.05) is 77.0 Å². The van der Waals surface area contributed by atoms with Crippen molar-refractivity contribution in [3.8, 4) is 0 Å². The SMILES string of the molecule is CCCCC(P)(CCCC)CCCC.Cc1ccc(S(=O)(=O)O)cc1. The summed E-state index contributed by atoms with van der Waals surface area (Å²) in [4.78, 5) is -0.0666. The van der Waals surface area contributed by atoms with E-state index in [-0.39, 0.29) is 4.90 Å². The fourth-order valence-corrected chi connectivity index (χ4v) is 3.76. The average molecular weight is 389 g/mol. The van der Waals surface area contributed by atoms with Gasteiger partial charge in [-0.05, 0) is 43.5 Å². The van der Waals surface area contributed by atoms with Gasteiger partial charge in [0.25, 0.3) is 10.1 Å². The van der Waals surface area contributed by atoms with E-state index in [9.17, 15) is 8.42 Å². The van der Waals surface area contributed by atoms with Gasteiger partial charge in [-0.2, -0.15) is 8.42 Å². The highest BCUT2D eigenvalue weighted by molar-refractivity contribution is 7.85. The summed E-state index contributed by atoms with van der Waals surface area (Å²) in [7, 11) is -0.854. The molecule has 25 heavy (non-hydrogen) atoms. The van der Waals surface area contributed by atoms with Crippen molar-refractivity contribution in [1.29, 1.82) is 0 Å². The first-order chi connectivity index (χ1) is 11.7. The van der Waals surface area contributed by atoms with Crippen LogP contribution in [0.25, 0.3) is 0 Å². The Morgan fingerprint density at radius 2 is 1.24 bits per heavy atom. The third kappa shape index (κ3) is 11.7. The maximum Gasteiger partial charge on any atom is 0.294 e. The molecule has 0 fully saturated rings. The van der Waals surface area contributed by atoms with Crippen molar-refractivity contribution in [2.75, 3.05) is 0 Å². The first kappa shape index (κ1) is 24.6. The van der Waals surface area contributed by atoms with E-state index >= 15 is 0 Å². The summed E-state index contributed by atoms with van der Waals surface area (Å²) >= 11 is 0. The van der Waals surface area contributed by atoms with Crippen molar-refractivity contribution in [2.45, 2.75) is 95.5 Å². The highest BCUT2D eigenvalue weighted by atomic mass is 32.2. The second kappa shape index (κ2) is 12.8. The minimum atomic E-state index is -4.02. The molecule has 5 heteroatoms. The van der Waals surface area contributed by atoms with Gasteiger partial charge in [0.15, 0.2) is 0 Å². The van der Waals surface area contributed by atoms with E-state index in [2.05, 4.69) is 30.0 Å². The molecule has 0 aliphatic rings. The Morgan fingerprint density at radius 1 is 0.880 bits per heavy atom. The number of aryl methyl sites for hydroxylation is 1. The molecule has 0 spiro atoms. The zero-order valence-electron chi connectivity index (χ0n) is 16.4. The minimum absolute atomic E-state index is 0.0666. The zero-order valence-corrected chi connectivity index (χ0v) is 18.4. The van der Waals surface area contributed by atoms with Gasteiger partial charge >= 0.3 is 0 Å². The van der Waals surface area contributed by atoms with Crippen LogP contribution < -0.4 is 0 Å². The van der Waals surface area contributed by atoms with Crippen molar-refractivity contribution >= 4 is 19.4 Å². The zero-order chi connectivity index (χ0) is 19.3. The molecule has 0 heterocycles. The Hall–Kier alpha value is -0.440. The van der Waals surface area contributed by atoms with Crippen LogP contribution in [0.1, 0.15) is 84.1 Å². The van der Waals surface area contributed by atoms with E-state index in [1.165, 1.54) is 69.9 Å². The van der Waals surface area contributed by atoms with E-state index in [1.54, 1.807) is 12.1 Å². The average Bonchev–Trinajstić information content (AvgIpc) is 2.57. The molecule has 1 rings (SSSR count). The largest absolute Gasteiger partial charge is 0.294 e. The maximum atomic E-state index is 10.5. The number of benzene rings is 1. The van der Waals surface area contributed by atoms with Crippen LogP contribution in [-0.2, 0) is 10.1 Å². The lowest BCUT2D eigenvalue weighted by molar-refractivity contribution is 0.424. The van der Waals surface area contributed by atoms with E-state index in [0.29, 0.717) is 5.16 Å². The maximum absolute atomic E-state index is 10.5. The fraction of sp³-hybridized carbons (Fsp3) is 0.700. The Kier molecular flexibility index (Phi) is 12.6. The molecule has 3 nitrogen and oxygen atoms in total. The normalized spacial score (nSPS) is 11.8. The van der Waals surface area contributed by atoms with Crippen molar-refractivity contribution in [2.24, 2.45) is 0 Å². The predicted octanol–water partition coefficient (Wildman–Crippen LogP) is 6.41. The predicted molar refractivity (Wildman–Crippen MR) is 112 cm³/mol. The molecule has 1 aromatic carbocycles. The monoisotopic (exact) mass is 388 g/mol. The van der Waals surface area contributed by atoms with E-state index in [1.807, 2.05) is 6.92 Å². The quantitative estimate of drug-likeness (QED) is 0.372. The van der Waals surface area contributed by atoms with Crippen LogP contribution in [0.2, 0.25) is 0 Å². The summed E-state index contributed by atoms with van der Waals surface area (Å²) in [5, 5.41) is 0.571. The van der Waals surface area contributed by atoms with Crippen LogP contribution >= 0.6 is 9.24 Å². The van der Waals surface area contributed by atoms with Crippen molar-refractivity contribution in [3.05, 3.63) is 29.8 Å². The van der Waals surface area contributed by atoms with Gasteiger partial charge in [0.2, 0.25) is 0 Å². The van der Waals surface area contributed by atoms with Gasteiger partial charge in [-0.15, -0.1) is 9.24 Å². The standard InChI is InChI=1S/C13H29P.C7H8O3S/c1-4-7-10-13(14,11-8-5-2)12-9-6-3;1-6-2-4-7(5-3-6)11(8,9)10/h4-12,14H2,1-3H3;2-5H,1H3,(H,8,9,10). The van der Waals surface area contributed by atoms with E-state index < -0.39 is 10.1 Å². The van der Waals surface area contributed by atoms with Crippen molar-refractivity contribution in [3.63, 3.8) is 0 Å². The smallest absolute Gasteiger partial charge is 0.282 e. The lowest BCUT2D eigenvalue weighted by atomic mass is 9.90. The van der Waals surface area contributed by atoms with E-state index in [0.717, 1.165) is 5.56 Å². The molecule has 1 unspecified atom stereocenters.